The molecule has 1 unspecified atom stereocenters. The van der Waals surface area contributed by atoms with Crippen molar-refractivity contribution in [2.45, 2.75) is 116 Å². The highest BCUT2D eigenvalue weighted by Gasteiger charge is 2.22. The van der Waals surface area contributed by atoms with Gasteiger partial charge in [-0.1, -0.05) is 96.8 Å². The fourth-order valence-electron chi connectivity index (χ4n) is 2.95. The maximum absolute atomic E-state index is 11.4. The first-order valence-corrected chi connectivity index (χ1v) is 13.3. The topological polar surface area (TPSA) is 148 Å². The highest BCUT2D eigenvalue weighted by atomic mass is 28.4. The fourth-order valence-corrected chi connectivity index (χ4v) is 2.95. The Morgan fingerprint density at radius 1 is 0.750 bits per heavy atom. The van der Waals surface area contributed by atoms with E-state index in [1.165, 1.54) is 83.5 Å². The maximum Gasteiger partial charge on any atom is 0.668 e. The third kappa shape index (κ3) is 44.4. The summed E-state index contributed by atoms with van der Waals surface area (Å²) in [6.07, 6.45) is 19.0. The van der Waals surface area contributed by atoms with Gasteiger partial charge in [0.15, 0.2) is 17.4 Å². The second kappa shape index (κ2) is 29.8. The van der Waals surface area contributed by atoms with Crippen LogP contribution < -0.4 is 0 Å². The molecule has 0 aliphatic heterocycles. The van der Waals surface area contributed by atoms with Gasteiger partial charge in [-0.05, 0) is 6.42 Å². The van der Waals surface area contributed by atoms with Gasteiger partial charge in [-0.2, -0.15) is 0 Å². The molecular weight excluding hydrogens is 460 g/mol. The van der Waals surface area contributed by atoms with Crippen LogP contribution in [-0.2, 0) is 9.53 Å². The van der Waals surface area contributed by atoms with Crippen LogP contribution in [0.4, 0.5) is 0 Å². The minimum absolute atomic E-state index is 0. The second-order valence-electron chi connectivity index (χ2n) is 7.82. The van der Waals surface area contributed by atoms with Crippen LogP contribution in [0.3, 0.4) is 0 Å². The SMILES string of the molecule is CCCCCCCCCCCCCCCCCC(=O)OCC(O)CO.O[Si](O)(O)O.[AlH3].[MgH2]. The molecule has 0 aromatic carbocycles. The smallest absolute Gasteiger partial charge is 0.463 e. The van der Waals surface area contributed by atoms with Gasteiger partial charge in [-0.15, -0.1) is 0 Å². The van der Waals surface area contributed by atoms with Crippen molar-refractivity contribution in [1.29, 1.82) is 0 Å². The number of ether oxygens (including phenoxy) is 1. The molecular formula is C21H51AlMgO8Si. The van der Waals surface area contributed by atoms with E-state index in [0.717, 1.165) is 12.8 Å². The Morgan fingerprint density at radius 3 is 1.38 bits per heavy atom. The molecule has 0 fully saturated rings. The van der Waals surface area contributed by atoms with Gasteiger partial charge in [-0.3, -0.25) is 4.79 Å². The molecule has 0 amide bonds. The number of hydrogen-bond acceptors (Lipinski definition) is 8. The Bertz CT molecular complexity index is 370. The number of aliphatic hydroxyl groups excluding tert-OH is 2. The van der Waals surface area contributed by atoms with Crippen molar-refractivity contribution in [3.63, 3.8) is 0 Å². The number of rotatable bonds is 19. The molecule has 0 aliphatic rings. The minimum Gasteiger partial charge on any atom is -0.463 e. The molecule has 0 aliphatic carbocycles. The van der Waals surface area contributed by atoms with Gasteiger partial charge < -0.3 is 34.1 Å². The average Bonchev–Trinajstić information content (AvgIpc) is 2.67. The van der Waals surface area contributed by atoms with Gasteiger partial charge in [0, 0.05) is 6.42 Å². The van der Waals surface area contributed by atoms with Crippen LogP contribution in [-0.4, -0.2) is 104 Å². The quantitative estimate of drug-likeness (QED) is 0.0833. The Hall–Kier alpha value is 0.746. The predicted molar refractivity (Wildman–Crippen MR) is 137 cm³/mol. The highest BCUT2D eigenvalue weighted by Crippen LogP contribution is 2.13. The van der Waals surface area contributed by atoms with Gasteiger partial charge in [-0.25, -0.2) is 0 Å². The first-order valence-electron chi connectivity index (χ1n) is 11.5. The lowest BCUT2D eigenvalue weighted by Gasteiger charge is -2.08. The Kier molecular flexibility index (Phi) is 37.2. The number of aliphatic hydroxyl groups is 2. The summed E-state index contributed by atoms with van der Waals surface area (Å²) in [7, 11) is -4.61. The lowest BCUT2D eigenvalue weighted by molar-refractivity contribution is -0.147. The zero-order chi connectivity index (χ0) is 23.1. The average molecular weight is 511 g/mol. The number of unbranched alkanes of at least 4 members (excludes halogenated alkanes) is 14. The molecule has 0 saturated heterocycles. The van der Waals surface area contributed by atoms with Gasteiger partial charge in [0.25, 0.3) is 0 Å². The zero-order valence-corrected chi connectivity index (χ0v) is 19.8. The van der Waals surface area contributed by atoms with E-state index in [1.54, 1.807) is 0 Å². The third-order valence-corrected chi connectivity index (χ3v) is 4.63. The van der Waals surface area contributed by atoms with Crippen molar-refractivity contribution in [3.8, 4) is 0 Å². The van der Waals surface area contributed by atoms with Crippen LogP contribution in [0.2, 0.25) is 0 Å². The zero-order valence-electron chi connectivity index (χ0n) is 18.8. The molecule has 11 heteroatoms. The summed E-state index contributed by atoms with van der Waals surface area (Å²) >= 11 is 0. The maximum atomic E-state index is 11.4. The van der Waals surface area contributed by atoms with E-state index >= 15 is 0 Å². The summed E-state index contributed by atoms with van der Waals surface area (Å²) in [5, 5.41) is 17.7. The van der Waals surface area contributed by atoms with Crippen LogP contribution in [0.25, 0.3) is 0 Å². The van der Waals surface area contributed by atoms with Crippen LogP contribution in [0.5, 0.6) is 0 Å². The normalized spacial score (nSPS) is 11.5. The molecule has 1 atom stereocenters. The number of carbonyl (C=O) groups excluding carboxylic acids is 1. The number of carbonyl (C=O) groups is 1. The van der Waals surface area contributed by atoms with Crippen molar-refractivity contribution in [3.05, 3.63) is 0 Å². The van der Waals surface area contributed by atoms with Crippen LogP contribution >= 0.6 is 0 Å². The first kappa shape index (κ1) is 39.9. The molecule has 192 valence electrons. The van der Waals surface area contributed by atoms with Crippen molar-refractivity contribution in [2.24, 2.45) is 0 Å². The van der Waals surface area contributed by atoms with Gasteiger partial charge in [0.1, 0.15) is 12.7 Å². The van der Waals surface area contributed by atoms with Crippen molar-refractivity contribution >= 4 is 55.4 Å². The van der Waals surface area contributed by atoms with E-state index in [4.69, 9.17) is 34.1 Å². The van der Waals surface area contributed by atoms with Crippen molar-refractivity contribution in [1.82, 2.24) is 0 Å². The van der Waals surface area contributed by atoms with Gasteiger partial charge in [0.2, 0.25) is 0 Å². The largest absolute Gasteiger partial charge is 0.668 e. The minimum atomic E-state index is -4.61. The van der Waals surface area contributed by atoms with Crippen LogP contribution in [0.15, 0.2) is 0 Å². The molecule has 6 N–H and O–H groups in total. The number of esters is 1. The monoisotopic (exact) mass is 510 g/mol. The Balaban J connectivity index is -0.000000501. The Morgan fingerprint density at radius 2 is 1.06 bits per heavy atom. The molecule has 0 radical (unpaired) electrons. The van der Waals surface area contributed by atoms with Crippen molar-refractivity contribution < 1.29 is 38.9 Å². The molecule has 0 aromatic heterocycles. The molecule has 32 heavy (non-hydrogen) atoms. The molecule has 0 spiro atoms. The Labute approximate surface area is 222 Å². The summed E-state index contributed by atoms with van der Waals surface area (Å²) in [6, 6.07) is 0. The molecule has 0 rings (SSSR count). The molecule has 0 heterocycles. The fraction of sp³-hybridized carbons (Fsp3) is 0.952. The lowest BCUT2D eigenvalue weighted by atomic mass is 10.0. The third-order valence-electron chi connectivity index (χ3n) is 4.63. The van der Waals surface area contributed by atoms with E-state index in [2.05, 4.69) is 6.92 Å². The molecule has 0 saturated carbocycles. The van der Waals surface area contributed by atoms with E-state index in [1.807, 2.05) is 0 Å². The van der Waals surface area contributed by atoms with E-state index in [9.17, 15) is 4.79 Å². The van der Waals surface area contributed by atoms with Crippen LogP contribution in [0.1, 0.15) is 110 Å². The van der Waals surface area contributed by atoms with Gasteiger partial charge >= 0.3 is 38.1 Å². The predicted octanol–water partition coefficient (Wildman–Crippen LogP) is 0.435. The standard InChI is InChI=1S/C21H42O4.Al.Mg.H4O4Si.5H/c1-2-3-4-5-6-7-8-9-10-11-12-13-14-15-16-17-21(24)25-19-20(23)18-22;;;1-5(2,3)4;;;;;/h20,22-23H,2-19H2,1H3;;;1-4H;;;;;. The summed E-state index contributed by atoms with van der Waals surface area (Å²) in [5.74, 6) is -0.276. The summed E-state index contributed by atoms with van der Waals surface area (Å²) < 4.78 is 4.86. The second-order valence-corrected chi connectivity index (χ2v) is 9.02. The molecule has 0 aromatic rings. The summed E-state index contributed by atoms with van der Waals surface area (Å²) in [5.41, 5.74) is 0. The molecule has 0 bridgehead atoms. The first-order chi connectivity index (χ1) is 14.2. The molecule has 8 nitrogen and oxygen atoms in total. The van der Waals surface area contributed by atoms with E-state index < -0.39 is 15.2 Å². The van der Waals surface area contributed by atoms with E-state index in [-0.39, 0.29) is 59.6 Å². The van der Waals surface area contributed by atoms with Crippen molar-refractivity contribution in [2.75, 3.05) is 13.2 Å². The summed E-state index contributed by atoms with van der Waals surface area (Å²) in [4.78, 5) is 40.7. The summed E-state index contributed by atoms with van der Waals surface area (Å²) in [6.45, 7) is 1.79. The van der Waals surface area contributed by atoms with Gasteiger partial charge in [0.05, 0.1) is 6.61 Å². The lowest BCUT2D eigenvalue weighted by Crippen LogP contribution is -2.33. The van der Waals surface area contributed by atoms with E-state index in [0.29, 0.717) is 6.42 Å². The van der Waals surface area contributed by atoms with Crippen LogP contribution in [0, 0.1) is 0 Å². The number of hydrogen-bond donors (Lipinski definition) is 6. The highest BCUT2D eigenvalue weighted by molar-refractivity contribution is 6.46.